The van der Waals surface area contributed by atoms with Crippen molar-refractivity contribution in [3.05, 3.63) is 30.5 Å². The Morgan fingerprint density at radius 2 is 2.31 bits per heavy atom. The first-order valence-electron chi connectivity index (χ1n) is 5.04. The van der Waals surface area contributed by atoms with Crippen molar-refractivity contribution in [3.63, 3.8) is 0 Å². The summed E-state index contributed by atoms with van der Waals surface area (Å²) < 4.78 is 0. The van der Waals surface area contributed by atoms with Crippen LogP contribution in [0.5, 0.6) is 0 Å². The van der Waals surface area contributed by atoms with Crippen molar-refractivity contribution < 1.29 is 9.90 Å². The number of allylic oxidation sites excluding steroid dienone is 1. The molecule has 86 valence electrons. The van der Waals surface area contributed by atoms with Gasteiger partial charge in [-0.05, 0) is 25.0 Å². The van der Waals surface area contributed by atoms with Crippen LogP contribution in [0.2, 0.25) is 0 Å². The second-order valence-electron chi connectivity index (χ2n) is 3.43. The van der Waals surface area contributed by atoms with Gasteiger partial charge < -0.3 is 10.0 Å². The summed E-state index contributed by atoms with van der Waals surface area (Å²) in [5.74, 6) is -0.387. The van der Waals surface area contributed by atoms with Gasteiger partial charge >= 0.3 is 5.97 Å². The molecule has 0 saturated carbocycles. The second-order valence-corrected chi connectivity index (χ2v) is 3.43. The standard InChI is InChI=1S/C11H15N3O2/c1-3-4-5-8-14(2)10-7-6-9(11(15)16)12-13-10/h3,6-7H,1,4-5,8H2,2H3,(H,15,16). The number of nitrogens with zero attached hydrogens (tertiary/aromatic N) is 3. The minimum Gasteiger partial charge on any atom is -0.476 e. The van der Waals surface area contributed by atoms with Crippen molar-refractivity contribution in [2.45, 2.75) is 12.8 Å². The third kappa shape index (κ3) is 3.34. The van der Waals surface area contributed by atoms with E-state index in [4.69, 9.17) is 5.11 Å². The Kier molecular flexibility index (Phi) is 4.44. The summed E-state index contributed by atoms with van der Waals surface area (Å²) in [6.45, 7) is 4.49. The molecule has 0 saturated heterocycles. The van der Waals surface area contributed by atoms with E-state index in [9.17, 15) is 4.79 Å². The highest BCUT2D eigenvalue weighted by Gasteiger charge is 2.07. The van der Waals surface area contributed by atoms with E-state index >= 15 is 0 Å². The second kappa shape index (κ2) is 5.85. The first kappa shape index (κ1) is 12.2. The molecule has 0 amide bonds. The Balaban J connectivity index is 2.59. The monoisotopic (exact) mass is 221 g/mol. The van der Waals surface area contributed by atoms with Crippen LogP contribution in [-0.2, 0) is 0 Å². The fourth-order valence-electron chi connectivity index (χ4n) is 1.23. The summed E-state index contributed by atoms with van der Waals surface area (Å²) in [6, 6.07) is 3.11. The Bertz CT molecular complexity index is 362. The summed E-state index contributed by atoms with van der Waals surface area (Å²) in [5.41, 5.74) is -0.0387. The molecule has 0 spiro atoms. The average Bonchev–Trinajstić information content (AvgIpc) is 2.29. The lowest BCUT2D eigenvalue weighted by Crippen LogP contribution is -2.20. The van der Waals surface area contributed by atoms with E-state index in [0.717, 1.165) is 19.4 Å². The summed E-state index contributed by atoms with van der Waals surface area (Å²) in [5, 5.41) is 16.1. The smallest absolute Gasteiger partial charge is 0.356 e. The molecule has 1 aromatic rings. The fraction of sp³-hybridized carbons (Fsp3) is 0.364. The predicted molar refractivity (Wildman–Crippen MR) is 61.7 cm³/mol. The van der Waals surface area contributed by atoms with Crippen LogP contribution in [0.15, 0.2) is 24.8 Å². The van der Waals surface area contributed by atoms with Crippen LogP contribution in [0, 0.1) is 0 Å². The highest BCUT2D eigenvalue weighted by atomic mass is 16.4. The van der Waals surface area contributed by atoms with Gasteiger partial charge in [-0.3, -0.25) is 0 Å². The molecule has 0 aliphatic rings. The number of aromatic carboxylic acids is 1. The Hall–Kier alpha value is -1.91. The largest absolute Gasteiger partial charge is 0.476 e. The lowest BCUT2D eigenvalue weighted by molar-refractivity contribution is 0.0689. The highest BCUT2D eigenvalue weighted by Crippen LogP contribution is 2.08. The molecule has 0 aliphatic carbocycles. The van der Waals surface area contributed by atoms with Crippen molar-refractivity contribution in [2.75, 3.05) is 18.5 Å². The molecule has 0 aromatic carbocycles. The molecule has 0 aliphatic heterocycles. The molecule has 1 rings (SSSR count). The minimum atomic E-state index is -1.06. The first-order valence-corrected chi connectivity index (χ1v) is 5.04. The summed E-state index contributed by atoms with van der Waals surface area (Å²) in [7, 11) is 1.90. The Labute approximate surface area is 94.4 Å². The molecule has 0 unspecified atom stereocenters. The van der Waals surface area contributed by atoms with E-state index in [-0.39, 0.29) is 5.69 Å². The lowest BCUT2D eigenvalue weighted by atomic mass is 10.3. The third-order valence-electron chi connectivity index (χ3n) is 2.16. The average molecular weight is 221 g/mol. The molecule has 0 fully saturated rings. The van der Waals surface area contributed by atoms with Gasteiger partial charge in [0.2, 0.25) is 0 Å². The molecule has 0 atom stereocenters. The van der Waals surface area contributed by atoms with Gasteiger partial charge in [-0.1, -0.05) is 6.08 Å². The van der Waals surface area contributed by atoms with Gasteiger partial charge in [0.05, 0.1) is 0 Å². The number of rotatable bonds is 6. The van der Waals surface area contributed by atoms with Crippen LogP contribution in [0.1, 0.15) is 23.3 Å². The number of aromatic nitrogens is 2. The molecule has 0 radical (unpaired) electrons. The number of carboxylic acid groups (broad SMARTS) is 1. The number of anilines is 1. The summed E-state index contributed by atoms with van der Waals surface area (Å²) in [4.78, 5) is 12.5. The van der Waals surface area contributed by atoms with Crippen molar-refractivity contribution >= 4 is 11.8 Å². The maximum Gasteiger partial charge on any atom is 0.356 e. The van der Waals surface area contributed by atoms with Crippen LogP contribution in [0.3, 0.4) is 0 Å². The van der Waals surface area contributed by atoms with Crippen LogP contribution in [0.25, 0.3) is 0 Å². The molecule has 1 aromatic heterocycles. The van der Waals surface area contributed by atoms with Crippen LogP contribution in [0.4, 0.5) is 5.82 Å². The molecule has 1 N–H and O–H groups in total. The van der Waals surface area contributed by atoms with Gasteiger partial charge in [0.25, 0.3) is 0 Å². The van der Waals surface area contributed by atoms with Gasteiger partial charge in [-0.25, -0.2) is 4.79 Å². The number of carboxylic acids is 1. The van der Waals surface area contributed by atoms with E-state index in [1.165, 1.54) is 6.07 Å². The van der Waals surface area contributed by atoms with Gasteiger partial charge in [0.15, 0.2) is 11.5 Å². The van der Waals surface area contributed by atoms with Gasteiger partial charge in [-0.15, -0.1) is 16.8 Å². The van der Waals surface area contributed by atoms with Crippen LogP contribution in [-0.4, -0.2) is 34.9 Å². The number of carbonyl (C=O) groups is 1. The van der Waals surface area contributed by atoms with E-state index in [0.29, 0.717) is 5.82 Å². The molecular weight excluding hydrogens is 206 g/mol. The van der Waals surface area contributed by atoms with E-state index < -0.39 is 5.97 Å². The van der Waals surface area contributed by atoms with Crippen molar-refractivity contribution in [1.82, 2.24) is 10.2 Å². The molecule has 16 heavy (non-hydrogen) atoms. The zero-order valence-corrected chi connectivity index (χ0v) is 9.26. The zero-order valence-electron chi connectivity index (χ0n) is 9.26. The molecule has 5 heteroatoms. The number of unbranched alkanes of at least 4 members (excludes halogenated alkanes) is 1. The molecular formula is C11H15N3O2. The lowest BCUT2D eigenvalue weighted by Gasteiger charge is -2.16. The predicted octanol–water partition coefficient (Wildman–Crippen LogP) is 1.58. The van der Waals surface area contributed by atoms with Crippen molar-refractivity contribution in [1.29, 1.82) is 0 Å². The normalized spacial score (nSPS) is 9.81. The van der Waals surface area contributed by atoms with Crippen molar-refractivity contribution in [3.8, 4) is 0 Å². The quantitative estimate of drug-likeness (QED) is 0.583. The first-order chi connectivity index (χ1) is 7.65. The topological polar surface area (TPSA) is 66.3 Å². The third-order valence-corrected chi connectivity index (χ3v) is 2.16. The Morgan fingerprint density at radius 1 is 1.56 bits per heavy atom. The zero-order chi connectivity index (χ0) is 12.0. The SMILES string of the molecule is C=CCCCN(C)c1ccc(C(=O)O)nn1. The van der Waals surface area contributed by atoms with Gasteiger partial charge in [0.1, 0.15) is 0 Å². The molecule has 1 heterocycles. The van der Waals surface area contributed by atoms with Crippen LogP contribution >= 0.6 is 0 Å². The molecule has 0 bridgehead atoms. The summed E-state index contributed by atoms with van der Waals surface area (Å²) in [6.07, 6.45) is 3.81. The van der Waals surface area contributed by atoms with Crippen LogP contribution < -0.4 is 4.90 Å². The maximum absolute atomic E-state index is 10.6. The number of hydrogen-bond acceptors (Lipinski definition) is 4. The minimum absolute atomic E-state index is 0.0387. The van der Waals surface area contributed by atoms with Gasteiger partial charge in [-0.2, -0.15) is 0 Å². The molecule has 5 nitrogen and oxygen atoms in total. The maximum atomic E-state index is 10.6. The van der Waals surface area contributed by atoms with E-state index in [1.54, 1.807) is 6.07 Å². The van der Waals surface area contributed by atoms with Crippen molar-refractivity contribution in [2.24, 2.45) is 0 Å². The van der Waals surface area contributed by atoms with E-state index in [1.807, 2.05) is 18.0 Å². The van der Waals surface area contributed by atoms with E-state index in [2.05, 4.69) is 16.8 Å². The summed E-state index contributed by atoms with van der Waals surface area (Å²) >= 11 is 0. The van der Waals surface area contributed by atoms with Gasteiger partial charge in [0, 0.05) is 13.6 Å². The Morgan fingerprint density at radius 3 is 2.81 bits per heavy atom. The highest BCUT2D eigenvalue weighted by molar-refractivity contribution is 5.85. The fourth-order valence-corrected chi connectivity index (χ4v) is 1.23. The number of hydrogen-bond donors (Lipinski definition) is 1.